The molecule has 4 nitrogen and oxygen atoms in total. The van der Waals surface area contributed by atoms with Crippen molar-refractivity contribution >= 4 is 23.6 Å². The van der Waals surface area contributed by atoms with Gasteiger partial charge in [-0.1, -0.05) is 32.0 Å². The molecule has 3 rings (SSSR count). The van der Waals surface area contributed by atoms with E-state index in [2.05, 4.69) is 5.32 Å². The van der Waals surface area contributed by atoms with E-state index in [9.17, 15) is 18.4 Å². The molecule has 1 aliphatic heterocycles. The molecular weight excluding hydrogens is 382 g/mol. The van der Waals surface area contributed by atoms with Crippen molar-refractivity contribution in [3.63, 3.8) is 0 Å². The molecular formula is C21H22F2N2O2S. The molecule has 1 fully saturated rings. The number of carbonyl (C=O) groups is 2. The monoisotopic (exact) mass is 404 g/mol. The molecule has 0 radical (unpaired) electrons. The summed E-state index contributed by atoms with van der Waals surface area (Å²) in [5.74, 6) is -0.872. The molecule has 1 saturated heterocycles. The van der Waals surface area contributed by atoms with Crippen LogP contribution in [0.25, 0.3) is 0 Å². The summed E-state index contributed by atoms with van der Waals surface area (Å²) in [6, 6.07) is 10.6. The maximum absolute atomic E-state index is 13.6. The van der Waals surface area contributed by atoms with Crippen molar-refractivity contribution in [1.29, 1.82) is 0 Å². The Kier molecular flexibility index (Phi) is 6.34. The largest absolute Gasteiger partial charge is 0.354 e. The summed E-state index contributed by atoms with van der Waals surface area (Å²) in [5, 5.41) is 2.42. The Morgan fingerprint density at radius 2 is 1.86 bits per heavy atom. The first-order valence-electron chi connectivity index (χ1n) is 9.10. The summed E-state index contributed by atoms with van der Waals surface area (Å²) in [5.41, 5.74) is 0.895. The summed E-state index contributed by atoms with van der Waals surface area (Å²) in [7, 11) is 0. The number of hydrogen-bond acceptors (Lipinski definition) is 3. The van der Waals surface area contributed by atoms with Gasteiger partial charge in [-0.3, -0.25) is 9.59 Å². The lowest BCUT2D eigenvalue weighted by atomic mass is 10.1. The van der Waals surface area contributed by atoms with E-state index < -0.39 is 23.1 Å². The third-order valence-electron chi connectivity index (χ3n) is 4.45. The maximum atomic E-state index is 13.6. The van der Waals surface area contributed by atoms with Gasteiger partial charge in [0.15, 0.2) is 0 Å². The van der Waals surface area contributed by atoms with Gasteiger partial charge in [0.25, 0.3) is 5.91 Å². The van der Waals surface area contributed by atoms with E-state index in [0.717, 1.165) is 11.6 Å². The molecule has 2 unspecified atom stereocenters. The van der Waals surface area contributed by atoms with Crippen LogP contribution in [-0.4, -0.2) is 35.1 Å². The molecule has 0 aliphatic carbocycles. The van der Waals surface area contributed by atoms with Crippen molar-refractivity contribution in [1.82, 2.24) is 10.2 Å². The fourth-order valence-electron chi connectivity index (χ4n) is 3.03. The Labute approximate surface area is 167 Å². The summed E-state index contributed by atoms with van der Waals surface area (Å²) in [6.07, 6.45) is 0. The van der Waals surface area contributed by atoms with Gasteiger partial charge in [0.2, 0.25) is 5.91 Å². The molecule has 1 N–H and O–H groups in total. The molecule has 1 heterocycles. The van der Waals surface area contributed by atoms with Crippen molar-refractivity contribution in [3.8, 4) is 0 Å². The van der Waals surface area contributed by atoms with Crippen molar-refractivity contribution in [2.45, 2.75) is 25.3 Å². The van der Waals surface area contributed by atoms with Crippen LogP contribution in [0.2, 0.25) is 0 Å². The Bertz CT molecular complexity index is 858. The van der Waals surface area contributed by atoms with Gasteiger partial charge in [-0.05, 0) is 41.8 Å². The SMILES string of the molecule is CC(C)CNC(=O)C1CSC(c2ccc(F)cc2)N1C(=O)c1cccc(F)c1. The van der Waals surface area contributed by atoms with E-state index in [1.54, 1.807) is 12.1 Å². The van der Waals surface area contributed by atoms with Gasteiger partial charge >= 0.3 is 0 Å². The third kappa shape index (κ3) is 4.52. The lowest BCUT2D eigenvalue weighted by Gasteiger charge is -2.29. The second-order valence-electron chi connectivity index (χ2n) is 7.11. The summed E-state index contributed by atoms with van der Waals surface area (Å²) < 4.78 is 27.0. The number of thioether (sulfide) groups is 1. The van der Waals surface area contributed by atoms with Gasteiger partial charge in [0, 0.05) is 17.9 Å². The highest BCUT2D eigenvalue weighted by molar-refractivity contribution is 7.99. The average molecular weight is 404 g/mol. The number of amides is 2. The minimum atomic E-state index is -0.686. The number of carbonyl (C=O) groups excluding carboxylic acids is 2. The standard InChI is InChI=1S/C21H22F2N2O2S/c1-13(2)11-24-19(26)18-12-28-21(14-6-8-16(22)9-7-14)25(18)20(27)15-4-3-5-17(23)10-15/h3-10,13,18,21H,11-12H2,1-2H3,(H,24,26). The fourth-order valence-corrected chi connectivity index (χ4v) is 4.46. The Hall–Kier alpha value is -2.41. The van der Waals surface area contributed by atoms with Crippen molar-refractivity contribution in [2.24, 2.45) is 5.92 Å². The normalized spacial score (nSPS) is 19.1. The van der Waals surface area contributed by atoms with Crippen molar-refractivity contribution in [2.75, 3.05) is 12.3 Å². The molecule has 7 heteroatoms. The van der Waals surface area contributed by atoms with Crippen LogP contribution in [0.1, 0.15) is 35.1 Å². The Balaban J connectivity index is 1.93. The van der Waals surface area contributed by atoms with Gasteiger partial charge in [-0.2, -0.15) is 0 Å². The summed E-state index contributed by atoms with van der Waals surface area (Å²) >= 11 is 1.44. The van der Waals surface area contributed by atoms with Crippen LogP contribution >= 0.6 is 11.8 Å². The highest BCUT2D eigenvalue weighted by Crippen LogP contribution is 2.42. The molecule has 28 heavy (non-hydrogen) atoms. The van der Waals surface area contributed by atoms with Crippen LogP contribution in [0.3, 0.4) is 0 Å². The highest BCUT2D eigenvalue weighted by atomic mass is 32.2. The van der Waals surface area contributed by atoms with E-state index >= 15 is 0 Å². The molecule has 2 amide bonds. The van der Waals surface area contributed by atoms with Gasteiger partial charge in [-0.15, -0.1) is 11.8 Å². The first kappa shape index (κ1) is 20.3. The number of nitrogens with one attached hydrogen (secondary N) is 1. The smallest absolute Gasteiger partial charge is 0.255 e. The second-order valence-corrected chi connectivity index (χ2v) is 8.23. The fraction of sp³-hybridized carbons (Fsp3) is 0.333. The summed E-state index contributed by atoms with van der Waals surface area (Å²) in [6.45, 7) is 4.48. The summed E-state index contributed by atoms with van der Waals surface area (Å²) in [4.78, 5) is 27.4. The molecule has 2 aromatic rings. The van der Waals surface area contributed by atoms with E-state index in [4.69, 9.17) is 0 Å². The number of rotatable bonds is 5. The van der Waals surface area contributed by atoms with Crippen molar-refractivity contribution < 1.29 is 18.4 Å². The topological polar surface area (TPSA) is 49.4 Å². The molecule has 148 valence electrons. The third-order valence-corrected chi connectivity index (χ3v) is 5.77. The van der Waals surface area contributed by atoms with E-state index in [1.807, 2.05) is 13.8 Å². The second kappa shape index (κ2) is 8.73. The molecule has 0 aromatic heterocycles. The number of halogens is 2. The van der Waals surface area contributed by atoms with E-state index in [1.165, 1.54) is 47.0 Å². The zero-order chi connectivity index (χ0) is 20.3. The van der Waals surface area contributed by atoms with Crippen LogP contribution in [0, 0.1) is 17.6 Å². The number of benzene rings is 2. The van der Waals surface area contributed by atoms with E-state index in [-0.39, 0.29) is 23.2 Å². The Morgan fingerprint density at radius 1 is 1.14 bits per heavy atom. The van der Waals surface area contributed by atoms with Crippen LogP contribution in [0.15, 0.2) is 48.5 Å². The average Bonchev–Trinajstić information content (AvgIpc) is 3.11. The molecule has 0 saturated carbocycles. The van der Waals surface area contributed by atoms with Gasteiger partial charge in [0.1, 0.15) is 23.1 Å². The Morgan fingerprint density at radius 3 is 2.50 bits per heavy atom. The van der Waals surface area contributed by atoms with Gasteiger partial charge in [-0.25, -0.2) is 8.78 Å². The zero-order valence-corrected chi connectivity index (χ0v) is 16.5. The van der Waals surface area contributed by atoms with Crippen LogP contribution in [0.4, 0.5) is 8.78 Å². The minimum absolute atomic E-state index is 0.177. The van der Waals surface area contributed by atoms with Crippen LogP contribution in [-0.2, 0) is 4.79 Å². The molecule has 2 atom stereocenters. The van der Waals surface area contributed by atoms with Crippen LogP contribution in [0.5, 0.6) is 0 Å². The van der Waals surface area contributed by atoms with Gasteiger partial charge < -0.3 is 10.2 Å². The zero-order valence-electron chi connectivity index (χ0n) is 15.7. The molecule has 1 aliphatic rings. The molecule has 0 bridgehead atoms. The number of nitrogens with zero attached hydrogens (tertiary/aromatic N) is 1. The lowest BCUT2D eigenvalue weighted by molar-refractivity contribution is -0.125. The van der Waals surface area contributed by atoms with Crippen molar-refractivity contribution in [3.05, 3.63) is 71.3 Å². The quantitative estimate of drug-likeness (QED) is 0.820. The van der Waals surface area contributed by atoms with Crippen LogP contribution < -0.4 is 5.32 Å². The molecule has 2 aromatic carbocycles. The first-order chi connectivity index (χ1) is 13.4. The highest BCUT2D eigenvalue weighted by Gasteiger charge is 2.42. The first-order valence-corrected chi connectivity index (χ1v) is 10.1. The molecule has 0 spiro atoms. The minimum Gasteiger partial charge on any atom is -0.354 e. The van der Waals surface area contributed by atoms with E-state index in [0.29, 0.717) is 12.3 Å². The maximum Gasteiger partial charge on any atom is 0.255 e. The lowest BCUT2D eigenvalue weighted by Crippen LogP contribution is -2.48. The predicted octanol–water partition coefficient (Wildman–Crippen LogP) is 3.99. The van der Waals surface area contributed by atoms with Gasteiger partial charge in [0.05, 0.1) is 0 Å². The predicted molar refractivity (Wildman–Crippen MR) is 106 cm³/mol. The number of hydrogen-bond donors (Lipinski definition) is 1.